The first-order valence-electron chi connectivity index (χ1n) is 22.6. The van der Waals surface area contributed by atoms with Crippen molar-refractivity contribution in [3.05, 3.63) is 79.6 Å². The average molecular weight is 887 g/mol. The van der Waals surface area contributed by atoms with Gasteiger partial charge in [-0.3, -0.25) is 4.79 Å². The highest BCUT2D eigenvalue weighted by Crippen LogP contribution is 2.48. The second kappa shape index (κ2) is 19.7. The van der Waals surface area contributed by atoms with Gasteiger partial charge in [-0.25, -0.2) is 27.6 Å². The van der Waals surface area contributed by atoms with E-state index in [1.807, 2.05) is 68.4 Å². The van der Waals surface area contributed by atoms with Crippen LogP contribution in [0.25, 0.3) is 4.85 Å². The lowest BCUT2D eigenvalue weighted by Crippen LogP contribution is -2.31. The van der Waals surface area contributed by atoms with Crippen molar-refractivity contribution in [1.29, 1.82) is 10.5 Å². The second-order valence-corrected chi connectivity index (χ2v) is 20.4. The van der Waals surface area contributed by atoms with Crippen molar-refractivity contribution in [2.45, 2.75) is 119 Å². The Morgan fingerprint density at radius 3 is 1.17 bits per heavy atom. The van der Waals surface area contributed by atoms with Crippen molar-refractivity contribution in [1.82, 2.24) is 14.7 Å². The van der Waals surface area contributed by atoms with Crippen LogP contribution in [0.15, 0.2) is 68.1 Å². The Kier molecular flexibility index (Phi) is 14.8. The molecule has 0 atom stereocenters. The van der Waals surface area contributed by atoms with Gasteiger partial charge in [0.2, 0.25) is 0 Å². The molecular formula is C49H61F3N6O6. The summed E-state index contributed by atoms with van der Waals surface area (Å²) in [6.07, 6.45) is 6.94. The number of halogens is 3. The van der Waals surface area contributed by atoms with Crippen LogP contribution >= 0.6 is 0 Å². The van der Waals surface area contributed by atoms with Gasteiger partial charge in [-0.1, -0.05) is 41.5 Å². The number of likely N-dealkylation sites (tertiary alicyclic amines) is 3. The summed E-state index contributed by atoms with van der Waals surface area (Å²) < 4.78 is 65.4. The number of nitrogens with zero attached hydrogens (tertiary/aromatic N) is 6. The summed E-state index contributed by atoms with van der Waals surface area (Å²) in [5, 5.41) is 20.5. The van der Waals surface area contributed by atoms with E-state index in [0.29, 0.717) is 75.6 Å². The zero-order valence-corrected chi connectivity index (χ0v) is 38.2. The lowest BCUT2D eigenvalue weighted by atomic mass is 9.75. The number of rotatable bonds is 12. The van der Waals surface area contributed by atoms with E-state index in [4.69, 9.17) is 20.8 Å². The predicted molar refractivity (Wildman–Crippen MR) is 231 cm³/mol. The molecule has 0 amide bonds. The van der Waals surface area contributed by atoms with Gasteiger partial charge in [0.1, 0.15) is 54.0 Å². The summed E-state index contributed by atoms with van der Waals surface area (Å²) in [6, 6.07) is 3.67. The molecule has 0 aromatic carbocycles. The van der Waals surface area contributed by atoms with Gasteiger partial charge in [0, 0.05) is 61.7 Å². The molecule has 3 saturated heterocycles. The van der Waals surface area contributed by atoms with Crippen LogP contribution in [-0.2, 0) is 28.6 Å². The largest absolute Gasteiger partial charge is 0.470 e. The van der Waals surface area contributed by atoms with Gasteiger partial charge in [0.25, 0.3) is 5.70 Å². The van der Waals surface area contributed by atoms with Crippen LogP contribution in [-0.4, -0.2) is 91.7 Å². The van der Waals surface area contributed by atoms with Crippen LogP contribution in [0.1, 0.15) is 119 Å². The zero-order chi connectivity index (χ0) is 46.6. The zero-order valence-electron chi connectivity index (χ0n) is 38.2. The topological polar surface area (TPSA) is 141 Å². The van der Waals surface area contributed by atoms with Crippen LogP contribution in [0.2, 0.25) is 0 Å². The van der Waals surface area contributed by atoms with Crippen LogP contribution in [0.3, 0.4) is 0 Å². The van der Waals surface area contributed by atoms with E-state index in [0.717, 1.165) is 38.5 Å². The minimum Gasteiger partial charge on any atom is -0.470 e. The quantitative estimate of drug-likeness (QED) is 0.0609. The lowest BCUT2D eigenvalue weighted by molar-refractivity contribution is -0.148. The van der Waals surface area contributed by atoms with Gasteiger partial charge in [0.05, 0.1) is 30.5 Å². The first-order valence-corrected chi connectivity index (χ1v) is 22.6. The maximum atomic E-state index is 16.2. The maximum Gasteiger partial charge on any atom is 0.349 e. The Balaban J connectivity index is 1.28. The van der Waals surface area contributed by atoms with E-state index in [9.17, 15) is 24.9 Å². The molecule has 0 N–H and O–H groups in total. The lowest BCUT2D eigenvalue weighted by Gasteiger charge is -2.36. The standard InChI is InChI=1S/C49H61F3N6O6/c1-47(2)20-32(40(50)37(23-47)56-14-8-9-15-56)35(26-53)44(59)62-28-31(29-63-45(60)36(27-54)33-21-48(3,4)24-38(41(33)51)57-16-10-11-17-57)30-64-46(61)43(55-7)34-22-49(5,6)25-39(42(34)52)58-18-12-13-19-58/h31H,8-25,28-30H2,1-6H3/b35-32+,36-33+,43-34-. The van der Waals surface area contributed by atoms with Crippen LogP contribution in [0, 0.1) is 51.4 Å². The minimum atomic E-state index is -1.15. The molecule has 15 heteroatoms. The molecule has 0 saturated carbocycles. The molecule has 12 nitrogen and oxygen atoms in total. The van der Waals surface area contributed by atoms with Gasteiger partial charge >= 0.3 is 17.9 Å². The summed E-state index contributed by atoms with van der Waals surface area (Å²) in [5.41, 5.74) is -1.93. The van der Waals surface area contributed by atoms with Crippen molar-refractivity contribution in [3.8, 4) is 12.1 Å². The summed E-state index contributed by atoms with van der Waals surface area (Å²) >= 11 is 0. The van der Waals surface area contributed by atoms with Gasteiger partial charge in [0.15, 0.2) is 0 Å². The number of carbonyl (C=O) groups excluding carboxylic acids is 3. The number of allylic oxidation sites excluding steroid dienone is 9. The molecule has 0 spiro atoms. The molecule has 3 aliphatic heterocycles. The molecular weight excluding hydrogens is 826 g/mol. The average Bonchev–Trinajstić information content (AvgIpc) is 4.07. The Hall–Kier alpha value is -5.49. The molecule has 3 heterocycles. The molecule has 344 valence electrons. The van der Waals surface area contributed by atoms with E-state index in [1.165, 1.54) is 0 Å². The molecule has 0 aromatic rings. The summed E-state index contributed by atoms with van der Waals surface area (Å²) in [4.78, 5) is 50.4. The molecule has 6 rings (SSSR count). The maximum absolute atomic E-state index is 16.2. The highest BCUT2D eigenvalue weighted by molar-refractivity contribution is 5.95. The van der Waals surface area contributed by atoms with Crippen molar-refractivity contribution >= 4 is 17.9 Å². The van der Waals surface area contributed by atoms with Gasteiger partial charge in [-0.15, -0.1) is 0 Å². The van der Waals surface area contributed by atoms with Crippen LogP contribution in [0.4, 0.5) is 13.2 Å². The smallest absolute Gasteiger partial charge is 0.349 e. The normalized spacial score (nSPS) is 24.3. The Labute approximate surface area is 375 Å². The number of hydrogen-bond donors (Lipinski definition) is 0. The number of nitriles is 2. The van der Waals surface area contributed by atoms with Gasteiger partial charge in [-0.05, 0) is 93.3 Å². The monoisotopic (exact) mass is 886 g/mol. The van der Waals surface area contributed by atoms with E-state index in [-0.39, 0.29) is 36.0 Å². The van der Waals surface area contributed by atoms with E-state index < -0.39 is 94.2 Å². The fraction of sp³-hybridized carbons (Fsp3) is 0.633. The summed E-state index contributed by atoms with van der Waals surface area (Å²) in [6.45, 7) is 21.6. The van der Waals surface area contributed by atoms with E-state index >= 15 is 13.2 Å². The molecule has 3 fully saturated rings. The molecule has 0 unspecified atom stereocenters. The third-order valence-electron chi connectivity index (χ3n) is 13.1. The van der Waals surface area contributed by atoms with Gasteiger partial charge in [-0.2, -0.15) is 10.5 Å². The van der Waals surface area contributed by atoms with Gasteiger partial charge < -0.3 is 28.9 Å². The van der Waals surface area contributed by atoms with Crippen molar-refractivity contribution in [3.63, 3.8) is 0 Å². The highest BCUT2D eigenvalue weighted by atomic mass is 19.1. The van der Waals surface area contributed by atoms with Crippen LogP contribution < -0.4 is 0 Å². The summed E-state index contributed by atoms with van der Waals surface area (Å²) in [5.74, 6) is -6.48. The fourth-order valence-corrected chi connectivity index (χ4v) is 9.91. The molecule has 3 aliphatic carbocycles. The number of ether oxygens (including phenoxy) is 3. The molecule has 0 radical (unpaired) electrons. The Morgan fingerprint density at radius 1 is 0.562 bits per heavy atom. The first kappa shape index (κ1) is 48.0. The number of hydrogen-bond acceptors (Lipinski definition) is 11. The Morgan fingerprint density at radius 2 is 0.859 bits per heavy atom. The van der Waals surface area contributed by atoms with E-state index in [1.54, 1.807) is 0 Å². The number of carbonyl (C=O) groups is 3. The molecule has 0 aromatic heterocycles. The third-order valence-corrected chi connectivity index (χ3v) is 13.1. The molecule has 6 aliphatic rings. The fourth-order valence-electron chi connectivity index (χ4n) is 9.91. The second-order valence-electron chi connectivity index (χ2n) is 20.4. The minimum absolute atomic E-state index is 0.0688. The van der Waals surface area contributed by atoms with Crippen molar-refractivity contribution in [2.75, 3.05) is 59.1 Å². The van der Waals surface area contributed by atoms with E-state index in [2.05, 4.69) is 4.85 Å². The summed E-state index contributed by atoms with van der Waals surface area (Å²) in [7, 11) is 0. The predicted octanol–water partition coefficient (Wildman–Crippen LogP) is 9.34. The highest BCUT2D eigenvalue weighted by Gasteiger charge is 2.41. The van der Waals surface area contributed by atoms with Crippen molar-refractivity contribution in [2.24, 2.45) is 22.2 Å². The number of esters is 3. The third kappa shape index (κ3) is 10.9. The Bertz CT molecular complexity index is 1980. The SMILES string of the molecule is [C-]#[N+]/C(C(=O)OCC(COC(=O)/C(C#N)=C1\CC(C)(C)CC(N2CCCC2)=C1F)COC(=O)/C(C#N)=C1\CC(C)(C)CC(N2CCCC2)=C1F)=C1/CC(C)(C)CC(N2CCCC2)=C1F. The molecule has 64 heavy (non-hydrogen) atoms. The molecule has 0 bridgehead atoms. The van der Waals surface area contributed by atoms with Crippen molar-refractivity contribution < 1.29 is 41.8 Å². The first-order chi connectivity index (χ1) is 30.3. The van der Waals surface area contributed by atoms with Crippen LogP contribution in [0.5, 0.6) is 0 Å².